The van der Waals surface area contributed by atoms with Crippen LogP contribution in [0.4, 0.5) is 0 Å². The van der Waals surface area contributed by atoms with E-state index in [1.807, 2.05) is 17.8 Å². The van der Waals surface area contributed by atoms with Crippen LogP contribution in [-0.2, 0) is 9.47 Å². The first-order chi connectivity index (χ1) is 9.53. The number of benzene rings is 1. The summed E-state index contributed by atoms with van der Waals surface area (Å²) in [5.74, 6) is 0.926. The molecule has 0 saturated heterocycles. The van der Waals surface area contributed by atoms with Crippen LogP contribution in [0.2, 0.25) is 0 Å². The van der Waals surface area contributed by atoms with Gasteiger partial charge in [0, 0.05) is 31.3 Å². The van der Waals surface area contributed by atoms with Crippen molar-refractivity contribution in [1.29, 1.82) is 0 Å². The smallest absolute Gasteiger partial charge is 0.0709 e. The summed E-state index contributed by atoms with van der Waals surface area (Å²) in [6.07, 6.45) is 3.78. The SMILES string of the molecule is C=CC[C@](C)(C[C@H](CSc1ccc(C)cc1)OC)OC. The number of hydrogen-bond donors (Lipinski definition) is 0. The Balaban J connectivity index is 2.54. The summed E-state index contributed by atoms with van der Waals surface area (Å²) in [7, 11) is 3.52. The molecule has 0 aliphatic carbocycles. The molecule has 1 aromatic rings. The quantitative estimate of drug-likeness (QED) is 0.494. The number of methoxy groups -OCH3 is 2. The van der Waals surface area contributed by atoms with Crippen molar-refractivity contribution in [1.82, 2.24) is 0 Å². The van der Waals surface area contributed by atoms with Crippen molar-refractivity contribution in [2.45, 2.75) is 43.3 Å². The summed E-state index contributed by atoms with van der Waals surface area (Å²) in [4.78, 5) is 1.28. The number of thioether (sulfide) groups is 1. The largest absolute Gasteiger partial charge is 0.380 e. The lowest BCUT2D eigenvalue weighted by molar-refractivity contribution is -0.0356. The summed E-state index contributed by atoms with van der Waals surface area (Å²) >= 11 is 1.82. The van der Waals surface area contributed by atoms with Gasteiger partial charge in [0.25, 0.3) is 0 Å². The van der Waals surface area contributed by atoms with Crippen LogP contribution in [0.15, 0.2) is 41.8 Å². The van der Waals surface area contributed by atoms with E-state index in [1.165, 1.54) is 10.5 Å². The zero-order chi connectivity index (χ0) is 15.0. The van der Waals surface area contributed by atoms with Gasteiger partial charge in [-0.25, -0.2) is 0 Å². The van der Waals surface area contributed by atoms with E-state index in [-0.39, 0.29) is 11.7 Å². The summed E-state index contributed by atoms with van der Waals surface area (Å²) in [5, 5.41) is 0. The minimum Gasteiger partial charge on any atom is -0.380 e. The van der Waals surface area contributed by atoms with Crippen molar-refractivity contribution in [3.63, 3.8) is 0 Å². The van der Waals surface area contributed by atoms with Crippen molar-refractivity contribution >= 4 is 11.8 Å². The second-order valence-electron chi connectivity index (χ2n) is 5.33. The molecule has 0 spiro atoms. The van der Waals surface area contributed by atoms with Crippen LogP contribution in [0.1, 0.15) is 25.3 Å². The topological polar surface area (TPSA) is 18.5 Å². The van der Waals surface area contributed by atoms with Crippen LogP contribution in [0, 0.1) is 6.92 Å². The lowest BCUT2D eigenvalue weighted by atomic mass is 9.95. The third-order valence-corrected chi connectivity index (χ3v) is 4.66. The lowest BCUT2D eigenvalue weighted by Gasteiger charge is -2.30. The fourth-order valence-electron chi connectivity index (χ4n) is 2.07. The first-order valence-corrected chi connectivity index (χ1v) is 7.90. The van der Waals surface area contributed by atoms with Crippen molar-refractivity contribution in [3.8, 4) is 0 Å². The molecule has 0 unspecified atom stereocenters. The van der Waals surface area contributed by atoms with Gasteiger partial charge in [0.2, 0.25) is 0 Å². The van der Waals surface area contributed by atoms with E-state index >= 15 is 0 Å². The zero-order valence-corrected chi connectivity index (χ0v) is 13.8. The van der Waals surface area contributed by atoms with Crippen LogP contribution in [0.3, 0.4) is 0 Å². The van der Waals surface area contributed by atoms with Gasteiger partial charge in [-0.1, -0.05) is 23.8 Å². The third-order valence-electron chi connectivity index (χ3n) is 3.52. The minimum atomic E-state index is -0.198. The number of ether oxygens (including phenoxy) is 2. The van der Waals surface area contributed by atoms with Gasteiger partial charge in [-0.2, -0.15) is 0 Å². The van der Waals surface area contributed by atoms with Crippen LogP contribution >= 0.6 is 11.8 Å². The molecule has 0 amide bonds. The Morgan fingerprint density at radius 2 is 1.95 bits per heavy atom. The van der Waals surface area contributed by atoms with Gasteiger partial charge >= 0.3 is 0 Å². The van der Waals surface area contributed by atoms with E-state index in [0.29, 0.717) is 0 Å². The highest BCUT2D eigenvalue weighted by atomic mass is 32.2. The Morgan fingerprint density at radius 3 is 2.45 bits per heavy atom. The van der Waals surface area contributed by atoms with E-state index in [4.69, 9.17) is 9.47 Å². The summed E-state index contributed by atoms with van der Waals surface area (Å²) in [5.41, 5.74) is 1.09. The van der Waals surface area contributed by atoms with Crippen LogP contribution in [0.5, 0.6) is 0 Å². The Morgan fingerprint density at radius 1 is 1.30 bits per heavy atom. The van der Waals surface area contributed by atoms with Gasteiger partial charge in [-0.05, 0) is 32.4 Å². The maximum atomic E-state index is 5.62. The molecule has 2 nitrogen and oxygen atoms in total. The molecular weight excluding hydrogens is 268 g/mol. The maximum absolute atomic E-state index is 5.62. The third kappa shape index (κ3) is 5.70. The van der Waals surface area contributed by atoms with Gasteiger partial charge in [-0.3, -0.25) is 0 Å². The normalized spacial score (nSPS) is 15.6. The highest BCUT2D eigenvalue weighted by Gasteiger charge is 2.26. The molecule has 0 saturated carbocycles. The summed E-state index contributed by atoms with van der Waals surface area (Å²) < 4.78 is 11.2. The van der Waals surface area contributed by atoms with E-state index in [2.05, 4.69) is 44.7 Å². The van der Waals surface area contributed by atoms with E-state index < -0.39 is 0 Å². The summed E-state index contributed by atoms with van der Waals surface area (Å²) in [6, 6.07) is 8.60. The average molecular weight is 294 g/mol. The predicted molar refractivity (Wildman–Crippen MR) is 87.5 cm³/mol. The van der Waals surface area contributed by atoms with Gasteiger partial charge < -0.3 is 9.47 Å². The molecule has 2 atom stereocenters. The molecule has 0 bridgehead atoms. The molecule has 20 heavy (non-hydrogen) atoms. The van der Waals surface area contributed by atoms with Crippen molar-refractivity contribution in [2.75, 3.05) is 20.0 Å². The van der Waals surface area contributed by atoms with Crippen LogP contribution in [-0.4, -0.2) is 31.7 Å². The van der Waals surface area contributed by atoms with Crippen molar-refractivity contribution in [3.05, 3.63) is 42.5 Å². The Labute approximate surface area is 127 Å². The number of rotatable bonds is 9. The molecule has 0 fully saturated rings. The molecule has 1 rings (SSSR count). The monoisotopic (exact) mass is 294 g/mol. The standard InChI is InChI=1S/C17H26O2S/c1-6-11-17(3,19-5)12-15(18-4)13-20-16-9-7-14(2)8-10-16/h6-10,15H,1,11-13H2,2-5H3/t15-,17-/m1/s1. The molecule has 0 aliphatic rings. The molecular formula is C17H26O2S. The Kier molecular flexibility index (Phi) is 7.35. The highest BCUT2D eigenvalue weighted by molar-refractivity contribution is 7.99. The fraction of sp³-hybridized carbons (Fsp3) is 0.529. The summed E-state index contributed by atoms with van der Waals surface area (Å²) in [6.45, 7) is 8.01. The van der Waals surface area contributed by atoms with Gasteiger partial charge in [0.15, 0.2) is 0 Å². The van der Waals surface area contributed by atoms with Crippen molar-refractivity contribution < 1.29 is 9.47 Å². The fourth-order valence-corrected chi connectivity index (χ4v) is 3.03. The molecule has 0 heterocycles. The van der Waals surface area contributed by atoms with E-state index in [9.17, 15) is 0 Å². The molecule has 0 aromatic heterocycles. The molecule has 3 heteroatoms. The van der Waals surface area contributed by atoms with Gasteiger partial charge in [0.05, 0.1) is 11.7 Å². The first-order valence-electron chi connectivity index (χ1n) is 6.91. The molecule has 0 N–H and O–H groups in total. The molecule has 0 radical (unpaired) electrons. The highest BCUT2D eigenvalue weighted by Crippen LogP contribution is 2.27. The average Bonchev–Trinajstić information content (AvgIpc) is 2.45. The molecule has 1 aromatic carbocycles. The van der Waals surface area contributed by atoms with Gasteiger partial charge in [-0.15, -0.1) is 18.3 Å². The minimum absolute atomic E-state index is 0.172. The van der Waals surface area contributed by atoms with Gasteiger partial charge in [0.1, 0.15) is 0 Å². The second-order valence-corrected chi connectivity index (χ2v) is 6.43. The zero-order valence-electron chi connectivity index (χ0n) is 13.0. The van der Waals surface area contributed by atoms with E-state index in [1.54, 1.807) is 14.2 Å². The van der Waals surface area contributed by atoms with Crippen molar-refractivity contribution in [2.24, 2.45) is 0 Å². The Hall–Kier alpha value is -0.770. The first kappa shape index (κ1) is 17.3. The lowest BCUT2D eigenvalue weighted by Crippen LogP contribution is -2.33. The van der Waals surface area contributed by atoms with Crippen LogP contribution < -0.4 is 0 Å². The van der Waals surface area contributed by atoms with Crippen LogP contribution in [0.25, 0.3) is 0 Å². The Bertz CT molecular complexity index is 402. The predicted octanol–water partition coefficient (Wildman–Crippen LogP) is 4.47. The maximum Gasteiger partial charge on any atom is 0.0709 e. The second kappa shape index (κ2) is 8.50. The van der Waals surface area contributed by atoms with E-state index in [0.717, 1.165) is 18.6 Å². The number of hydrogen-bond acceptors (Lipinski definition) is 3. The number of aryl methyl sites for hydroxylation is 1. The molecule has 0 aliphatic heterocycles. The molecule has 112 valence electrons.